The Morgan fingerprint density at radius 2 is 2.20 bits per heavy atom. The molecule has 4 heteroatoms. The molecule has 0 aromatic heterocycles. The van der Waals surface area contributed by atoms with E-state index < -0.39 is 5.92 Å². The summed E-state index contributed by atoms with van der Waals surface area (Å²) in [5.74, 6) is -2.57. The van der Waals surface area contributed by atoms with Gasteiger partial charge in [0.2, 0.25) is 0 Å². The van der Waals surface area contributed by atoms with Crippen LogP contribution in [0.5, 0.6) is 0 Å². The van der Waals surface area contributed by atoms with E-state index in [0.717, 1.165) is 20.0 Å². The fourth-order valence-corrected chi connectivity index (χ4v) is 0.757. The summed E-state index contributed by atoms with van der Waals surface area (Å²) in [4.78, 5) is 0. The van der Waals surface area contributed by atoms with Crippen LogP contribution in [0.1, 0.15) is 6.92 Å². The summed E-state index contributed by atoms with van der Waals surface area (Å²) >= 11 is 0. The van der Waals surface area contributed by atoms with E-state index in [1.165, 1.54) is 0 Å². The monoisotopic (exact) mass is 150 g/mol. The van der Waals surface area contributed by atoms with Crippen molar-refractivity contribution in [2.45, 2.75) is 18.9 Å². The molecule has 0 amide bonds. The standard InChI is InChI=1S/C6H12F2N2/c1-6(7,8)4-10-5-2-9-3-5/h5,9-10H,2-4H2,1H3. The molecule has 2 nitrogen and oxygen atoms in total. The molecule has 10 heavy (non-hydrogen) atoms. The molecule has 0 aliphatic carbocycles. The molecular formula is C6H12F2N2. The summed E-state index contributed by atoms with van der Waals surface area (Å²) in [6.07, 6.45) is 0. The Morgan fingerprint density at radius 3 is 2.50 bits per heavy atom. The van der Waals surface area contributed by atoms with Gasteiger partial charge in [-0.3, -0.25) is 0 Å². The summed E-state index contributed by atoms with van der Waals surface area (Å²) in [5, 5.41) is 5.74. The van der Waals surface area contributed by atoms with Gasteiger partial charge in [0, 0.05) is 26.1 Å². The van der Waals surface area contributed by atoms with Crippen LogP contribution in [0.2, 0.25) is 0 Å². The topological polar surface area (TPSA) is 24.1 Å². The molecular weight excluding hydrogens is 138 g/mol. The van der Waals surface area contributed by atoms with Gasteiger partial charge in [0.1, 0.15) is 0 Å². The van der Waals surface area contributed by atoms with E-state index in [9.17, 15) is 8.78 Å². The first kappa shape index (κ1) is 7.88. The maximum atomic E-state index is 12.2. The van der Waals surface area contributed by atoms with E-state index in [4.69, 9.17) is 0 Å². The Morgan fingerprint density at radius 1 is 1.60 bits per heavy atom. The highest BCUT2D eigenvalue weighted by Crippen LogP contribution is 2.09. The zero-order valence-electron chi connectivity index (χ0n) is 5.95. The van der Waals surface area contributed by atoms with Crippen LogP contribution >= 0.6 is 0 Å². The lowest BCUT2D eigenvalue weighted by Crippen LogP contribution is -2.57. The molecule has 0 aromatic carbocycles. The second-order valence-electron chi connectivity index (χ2n) is 2.81. The van der Waals surface area contributed by atoms with E-state index in [-0.39, 0.29) is 12.6 Å². The highest BCUT2D eigenvalue weighted by molar-refractivity contribution is 4.82. The second-order valence-corrected chi connectivity index (χ2v) is 2.81. The molecule has 1 heterocycles. The molecule has 1 rings (SSSR count). The van der Waals surface area contributed by atoms with Crippen molar-refractivity contribution in [3.63, 3.8) is 0 Å². The average Bonchev–Trinajstić information content (AvgIpc) is 1.56. The lowest BCUT2D eigenvalue weighted by molar-refractivity contribution is 0.0181. The molecule has 60 valence electrons. The van der Waals surface area contributed by atoms with Crippen LogP contribution in [0.4, 0.5) is 8.78 Å². The van der Waals surface area contributed by atoms with Crippen molar-refractivity contribution in [2.24, 2.45) is 0 Å². The van der Waals surface area contributed by atoms with Crippen LogP contribution in [0.25, 0.3) is 0 Å². The van der Waals surface area contributed by atoms with Crippen LogP contribution in [0.3, 0.4) is 0 Å². The summed E-state index contributed by atoms with van der Waals surface area (Å²) in [6.45, 7) is 2.34. The van der Waals surface area contributed by atoms with Gasteiger partial charge < -0.3 is 10.6 Å². The van der Waals surface area contributed by atoms with Crippen LogP contribution in [-0.4, -0.2) is 31.6 Å². The predicted molar refractivity (Wildman–Crippen MR) is 35.3 cm³/mol. The SMILES string of the molecule is CC(F)(F)CNC1CNC1. The molecule has 0 radical (unpaired) electrons. The largest absolute Gasteiger partial charge is 0.314 e. The number of halogens is 2. The van der Waals surface area contributed by atoms with Gasteiger partial charge in [-0.1, -0.05) is 0 Å². The van der Waals surface area contributed by atoms with Gasteiger partial charge in [0.25, 0.3) is 5.92 Å². The first-order valence-electron chi connectivity index (χ1n) is 3.40. The van der Waals surface area contributed by atoms with Crippen molar-refractivity contribution in [3.8, 4) is 0 Å². The molecule has 0 spiro atoms. The van der Waals surface area contributed by atoms with E-state index in [1.807, 2.05) is 0 Å². The molecule has 1 aliphatic rings. The van der Waals surface area contributed by atoms with Crippen LogP contribution < -0.4 is 10.6 Å². The minimum Gasteiger partial charge on any atom is -0.314 e. The Bertz CT molecular complexity index is 107. The minimum atomic E-state index is -2.57. The van der Waals surface area contributed by atoms with Crippen molar-refractivity contribution >= 4 is 0 Å². The normalized spacial score (nSPS) is 20.7. The van der Waals surface area contributed by atoms with Gasteiger partial charge in [-0.15, -0.1) is 0 Å². The maximum Gasteiger partial charge on any atom is 0.257 e. The predicted octanol–water partition coefficient (Wildman–Crippen LogP) is 0.203. The smallest absolute Gasteiger partial charge is 0.257 e. The van der Waals surface area contributed by atoms with Gasteiger partial charge in [-0.25, -0.2) is 8.78 Å². The first-order chi connectivity index (χ1) is 4.58. The zero-order valence-corrected chi connectivity index (χ0v) is 5.95. The Balaban J connectivity index is 2.04. The number of nitrogens with one attached hydrogen (secondary N) is 2. The van der Waals surface area contributed by atoms with Crippen LogP contribution in [0.15, 0.2) is 0 Å². The number of hydrogen-bond donors (Lipinski definition) is 2. The fraction of sp³-hybridized carbons (Fsp3) is 1.00. The van der Waals surface area contributed by atoms with E-state index >= 15 is 0 Å². The molecule has 1 fully saturated rings. The molecule has 1 aliphatic heterocycles. The number of alkyl halides is 2. The zero-order chi connectivity index (χ0) is 7.61. The fourth-order valence-electron chi connectivity index (χ4n) is 0.757. The van der Waals surface area contributed by atoms with Gasteiger partial charge >= 0.3 is 0 Å². The average molecular weight is 150 g/mol. The Labute approximate surface area is 59.0 Å². The van der Waals surface area contributed by atoms with Crippen molar-refractivity contribution < 1.29 is 8.78 Å². The summed E-state index contributed by atoms with van der Waals surface area (Å²) in [5.41, 5.74) is 0. The summed E-state index contributed by atoms with van der Waals surface area (Å²) in [6, 6.07) is 0.255. The quantitative estimate of drug-likeness (QED) is 0.600. The molecule has 1 saturated heterocycles. The van der Waals surface area contributed by atoms with Gasteiger partial charge in [0.05, 0.1) is 6.54 Å². The van der Waals surface area contributed by atoms with E-state index in [1.54, 1.807) is 0 Å². The molecule has 0 unspecified atom stereocenters. The maximum absolute atomic E-state index is 12.2. The van der Waals surface area contributed by atoms with Gasteiger partial charge in [-0.05, 0) is 0 Å². The highest BCUT2D eigenvalue weighted by Gasteiger charge is 2.24. The lowest BCUT2D eigenvalue weighted by Gasteiger charge is -2.29. The van der Waals surface area contributed by atoms with Crippen LogP contribution in [-0.2, 0) is 0 Å². The third-order valence-electron chi connectivity index (χ3n) is 1.48. The van der Waals surface area contributed by atoms with Gasteiger partial charge in [0.15, 0.2) is 0 Å². The van der Waals surface area contributed by atoms with Crippen LogP contribution in [0, 0.1) is 0 Å². The van der Waals surface area contributed by atoms with Crippen molar-refractivity contribution in [2.75, 3.05) is 19.6 Å². The first-order valence-corrected chi connectivity index (χ1v) is 3.40. The third kappa shape index (κ3) is 2.58. The molecule has 0 saturated carbocycles. The number of hydrogen-bond acceptors (Lipinski definition) is 2. The van der Waals surface area contributed by atoms with Crippen molar-refractivity contribution in [1.82, 2.24) is 10.6 Å². The summed E-state index contributed by atoms with van der Waals surface area (Å²) in [7, 11) is 0. The molecule has 0 bridgehead atoms. The molecule has 0 atom stereocenters. The van der Waals surface area contributed by atoms with Crippen molar-refractivity contribution in [3.05, 3.63) is 0 Å². The molecule has 0 aromatic rings. The summed E-state index contributed by atoms with van der Waals surface area (Å²) < 4.78 is 24.3. The van der Waals surface area contributed by atoms with E-state index in [0.29, 0.717) is 0 Å². The highest BCUT2D eigenvalue weighted by atomic mass is 19.3. The van der Waals surface area contributed by atoms with Crippen molar-refractivity contribution in [1.29, 1.82) is 0 Å². The lowest BCUT2D eigenvalue weighted by atomic mass is 10.2. The third-order valence-corrected chi connectivity index (χ3v) is 1.48. The molecule has 2 N–H and O–H groups in total. The Hall–Kier alpha value is -0.220. The minimum absolute atomic E-state index is 0.209. The number of rotatable bonds is 3. The van der Waals surface area contributed by atoms with E-state index in [2.05, 4.69) is 10.6 Å². The Kier molecular flexibility index (Phi) is 2.21. The second kappa shape index (κ2) is 2.80. The van der Waals surface area contributed by atoms with Gasteiger partial charge in [-0.2, -0.15) is 0 Å².